The van der Waals surface area contributed by atoms with Crippen molar-refractivity contribution in [3.63, 3.8) is 0 Å². The summed E-state index contributed by atoms with van der Waals surface area (Å²) in [4.78, 5) is 26.0. The number of hydrogen-bond donors (Lipinski definition) is 0. The number of nitrogens with zero attached hydrogens (tertiary/aromatic N) is 2. The molecule has 3 aromatic rings. The zero-order valence-electron chi connectivity index (χ0n) is 14.5. The van der Waals surface area contributed by atoms with E-state index in [1.54, 1.807) is 21.7 Å². The van der Waals surface area contributed by atoms with Gasteiger partial charge in [-0.2, -0.15) is 0 Å². The second-order valence-corrected chi connectivity index (χ2v) is 6.93. The lowest BCUT2D eigenvalue weighted by Gasteiger charge is -2.33. The van der Waals surface area contributed by atoms with Crippen LogP contribution in [0.2, 0.25) is 0 Å². The number of halogens is 1. The van der Waals surface area contributed by atoms with Gasteiger partial charge in [0.15, 0.2) is 6.29 Å². The highest BCUT2D eigenvalue weighted by Gasteiger charge is 2.27. The fourth-order valence-corrected chi connectivity index (χ4v) is 3.78. The summed E-state index contributed by atoms with van der Waals surface area (Å²) in [5.74, 6) is -0.142. The molecule has 1 aliphatic heterocycles. The van der Waals surface area contributed by atoms with Crippen molar-refractivity contribution in [3.8, 4) is 0 Å². The molecule has 4 nitrogen and oxygen atoms in total. The van der Waals surface area contributed by atoms with Gasteiger partial charge in [-0.05, 0) is 36.1 Å². The van der Waals surface area contributed by atoms with Gasteiger partial charge in [0.05, 0.1) is 0 Å². The summed E-state index contributed by atoms with van der Waals surface area (Å²) in [5.41, 5.74) is 3.05. The first-order valence-corrected chi connectivity index (χ1v) is 8.68. The van der Waals surface area contributed by atoms with Crippen LogP contribution in [-0.2, 0) is 17.8 Å². The molecule has 1 unspecified atom stereocenters. The van der Waals surface area contributed by atoms with Crippen molar-refractivity contribution in [1.29, 1.82) is 0 Å². The average Bonchev–Trinajstić information content (AvgIpc) is 2.99. The van der Waals surface area contributed by atoms with E-state index < -0.39 is 0 Å². The Morgan fingerprint density at radius 3 is 2.88 bits per heavy atom. The van der Waals surface area contributed by atoms with E-state index in [2.05, 4.69) is 6.92 Å². The fourth-order valence-electron chi connectivity index (χ4n) is 3.78. The first-order chi connectivity index (χ1) is 12.6. The summed E-state index contributed by atoms with van der Waals surface area (Å²) in [7, 11) is 0. The molecule has 2 aromatic carbocycles. The Bertz CT molecular complexity index is 1010. The first kappa shape index (κ1) is 16.5. The van der Waals surface area contributed by atoms with E-state index in [1.807, 2.05) is 24.3 Å². The minimum atomic E-state index is -0.342. The van der Waals surface area contributed by atoms with E-state index in [0.29, 0.717) is 23.7 Å². The van der Waals surface area contributed by atoms with E-state index in [4.69, 9.17) is 0 Å². The molecule has 1 atom stereocenters. The molecule has 0 bridgehead atoms. The summed E-state index contributed by atoms with van der Waals surface area (Å²) in [6.45, 7) is 2.76. The number of carbonyl (C=O) groups excluding carboxylic acids is 2. The number of rotatable bonds is 3. The zero-order chi connectivity index (χ0) is 18.3. The molecule has 26 heavy (non-hydrogen) atoms. The molecular weight excluding hydrogens is 331 g/mol. The molecule has 1 aromatic heterocycles. The van der Waals surface area contributed by atoms with Crippen LogP contribution in [0.3, 0.4) is 0 Å². The number of aromatic nitrogens is 1. The third kappa shape index (κ3) is 2.79. The molecule has 2 heterocycles. The highest BCUT2D eigenvalue weighted by atomic mass is 19.1. The van der Waals surface area contributed by atoms with Crippen LogP contribution in [0.5, 0.6) is 0 Å². The van der Waals surface area contributed by atoms with Crippen molar-refractivity contribution in [2.45, 2.75) is 19.9 Å². The number of carbonyl (C=O) groups is 2. The Labute approximate surface area is 150 Å². The molecule has 1 amide bonds. The molecule has 0 fully saturated rings. The lowest BCUT2D eigenvalue weighted by molar-refractivity contribution is -0.119. The normalized spacial score (nSPS) is 16.5. The van der Waals surface area contributed by atoms with Gasteiger partial charge in [-0.1, -0.05) is 31.2 Å². The van der Waals surface area contributed by atoms with Crippen molar-refractivity contribution < 1.29 is 14.0 Å². The second kappa shape index (κ2) is 6.41. The SMILES string of the molecule is CC1Cc2ccc(F)cc2N(C(=O)Cn2cc(C=O)c3ccccc32)C1. The smallest absolute Gasteiger partial charge is 0.246 e. The van der Waals surface area contributed by atoms with Crippen molar-refractivity contribution in [1.82, 2.24) is 4.57 Å². The monoisotopic (exact) mass is 350 g/mol. The maximum atomic E-state index is 13.7. The summed E-state index contributed by atoms with van der Waals surface area (Å²) >= 11 is 0. The Morgan fingerprint density at radius 1 is 1.27 bits per heavy atom. The minimum Gasteiger partial charge on any atom is -0.337 e. The number of fused-ring (bicyclic) bond motifs is 2. The topological polar surface area (TPSA) is 42.3 Å². The number of amides is 1. The van der Waals surface area contributed by atoms with Crippen molar-refractivity contribution >= 4 is 28.8 Å². The largest absolute Gasteiger partial charge is 0.337 e. The van der Waals surface area contributed by atoms with Gasteiger partial charge in [-0.15, -0.1) is 0 Å². The van der Waals surface area contributed by atoms with Gasteiger partial charge in [0, 0.05) is 34.9 Å². The minimum absolute atomic E-state index is 0.108. The Balaban J connectivity index is 1.70. The lowest BCUT2D eigenvalue weighted by atomic mass is 9.93. The second-order valence-electron chi connectivity index (χ2n) is 6.93. The fraction of sp³-hybridized carbons (Fsp3) is 0.238. The maximum Gasteiger partial charge on any atom is 0.246 e. The third-order valence-electron chi connectivity index (χ3n) is 4.95. The van der Waals surface area contributed by atoms with E-state index in [0.717, 1.165) is 29.2 Å². The quantitative estimate of drug-likeness (QED) is 0.674. The van der Waals surface area contributed by atoms with Crippen LogP contribution in [0, 0.1) is 11.7 Å². The van der Waals surface area contributed by atoms with Gasteiger partial charge in [0.1, 0.15) is 12.4 Å². The highest BCUT2D eigenvalue weighted by molar-refractivity contribution is 5.99. The third-order valence-corrected chi connectivity index (χ3v) is 4.95. The summed E-state index contributed by atoms with van der Waals surface area (Å²) in [5, 5.41) is 0.828. The van der Waals surface area contributed by atoms with E-state index in [-0.39, 0.29) is 18.3 Å². The molecule has 132 valence electrons. The van der Waals surface area contributed by atoms with E-state index >= 15 is 0 Å². The average molecular weight is 350 g/mol. The lowest BCUT2D eigenvalue weighted by Crippen LogP contribution is -2.41. The predicted octanol–water partition coefficient (Wildman–Crippen LogP) is 3.82. The van der Waals surface area contributed by atoms with Crippen molar-refractivity contribution in [2.24, 2.45) is 5.92 Å². The van der Waals surface area contributed by atoms with Crippen molar-refractivity contribution in [3.05, 3.63) is 65.6 Å². The van der Waals surface area contributed by atoms with Gasteiger partial charge in [0.25, 0.3) is 0 Å². The van der Waals surface area contributed by atoms with Gasteiger partial charge < -0.3 is 9.47 Å². The van der Waals surface area contributed by atoms with Gasteiger partial charge in [-0.25, -0.2) is 4.39 Å². The van der Waals surface area contributed by atoms with Crippen LogP contribution in [-0.4, -0.2) is 23.3 Å². The molecule has 0 aliphatic carbocycles. The molecular formula is C21H19FN2O2. The Hall–Kier alpha value is -2.95. The molecule has 1 aliphatic rings. The summed E-state index contributed by atoms with van der Waals surface area (Å²) < 4.78 is 15.5. The Kier molecular flexibility index (Phi) is 4.07. The first-order valence-electron chi connectivity index (χ1n) is 8.68. The molecule has 0 spiro atoms. The number of anilines is 1. The molecule has 5 heteroatoms. The van der Waals surface area contributed by atoms with Gasteiger partial charge in [0.2, 0.25) is 5.91 Å². The number of para-hydroxylation sites is 1. The van der Waals surface area contributed by atoms with E-state index in [1.165, 1.54) is 12.1 Å². The summed E-state index contributed by atoms with van der Waals surface area (Å²) in [6.07, 6.45) is 3.34. The molecule has 0 saturated heterocycles. The Morgan fingerprint density at radius 2 is 2.08 bits per heavy atom. The van der Waals surface area contributed by atoms with Crippen LogP contribution in [0.1, 0.15) is 22.8 Å². The highest BCUT2D eigenvalue weighted by Crippen LogP contribution is 2.31. The number of aldehydes is 1. The molecule has 0 N–H and O–H groups in total. The summed E-state index contributed by atoms with van der Waals surface area (Å²) in [6, 6.07) is 12.1. The van der Waals surface area contributed by atoms with Gasteiger partial charge >= 0.3 is 0 Å². The van der Waals surface area contributed by atoms with E-state index in [9.17, 15) is 14.0 Å². The standard InChI is InChI=1S/C21H19FN2O2/c1-14-8-15-6-7-17(22)9-20(15)24(10-14)21(26)12-23-11-16(13-25)18-4-2-3-5-19(18)23/h2-7,9,11,13-14H,8,10,12H2,1H3. The van der Waals surface area contributed by atoms with Gasteiger partial charge in [-0.3, -0.25) is 9.59 Å². The molecule has 0 saturated carbocycles. The van der Waals surface area contributed by atoms with Crippen LogP contribution in [0.15, 0.2) is 48.7 Å². The maximum absolute atomic E-state index is 13.7. The van der Waals surface area contributed by atoms with Crippen LogP contribution < -0.4 is 4.90 Å². The molecule has 0 radical (unpaired) electrons. The van der Waals surface area contributed by atoms with Crippen molar-refractivity contribution in [2.75, 3.05) is 11.4 Å². The zero-order valence-corrected chi connectivity index (χ0v) is 14.5. The van der Waals surface area contributed by atoms with Crippen LogP contribution >= 0.6 is 0 Å². The number of hydrogen-bond acceptors (Lipinski definition) is 2. The number of benzene rings is 2. The van der Waals surface area contributed by atoms with Crippen LogP contribution in [0.25, 0.3) is 10.9 Å². The molecule has 4 rings (SSSR count). The van der Waals surface area contributed by atoms with Crippen LogP contribution in [0.4, 0.5) is 10.1 Å². The predicted molar refractivity (Wildman–Crippen MR) is 98.9 cm³/mol.